The van der Waals surface area contributed by atoms with Gasteiger partial charge in [-0.15, -0.1) is 0 Å². The zero-order chi connectivity index (χ0) is 17.4. The molecule has 0 radical (unpaired) electrons. The fourth-order valence-corrected chi connectivity index (χ4v) is 3.16. The van der Waals surface area contributed by atoms with Crippen LogP contribution in [-0.4, -0.2) is 24.1 Å². The van der Waals surface area contributed by atoms with Crippen molar-refractivity contribution in [1.29, 1.82) is 0 Å². The third-order valence-corrected chi connectivity index (χ3v) is 4.50. The van der Waals surface area contributed by atoms with Crippen molar-refractivity contribution >= 4 is 40.6 Å². The molecule has 2 N–H and O–H groups in total. The summed E-state index contributed by atoms with van der Waals surface area (Å²) in [6, 6.07) is 8.16. The van der Waals surface area contributed by atoms with Crippen molar-refractivity contribution < 1.29 is 18.4 Å². The number of benzene rings is 1. The van der Waals surface area contributed by atoms with E-state index in [9.17, 15) is 18.4 Å². The third kappa shape index (κ3) is 5.93. The fraction of sp³-hybridized carbons (Fsp3) is 0.250. The number of carbonyl (C=O) groups excluding carboxylic acids is 2. The molecule has 2 rings (SSSR count). The van der Waals surface area contributed by atoms with E-state index in [1.54, 1.807) is 29.6 Å². The molecule has 0 saturated carbocycles. The number of halogens is 2. The summed E-state index contributed by atoms with van der Waals surface area (Å²) < 4.78 is 25.0. The predicted octanol–water partition coefficient (Wildman–Crippen LogP) is 4.21. The summed E-state index contributed by atoms with van der Waals surface area (Å²) in [6.07, 6.45) is 0.656. The van der Waals surface area contributed by atoms with Crippen LogP contribution in [0.25, 0.3) is 0 Å². The van der Waals surface area contributed by atoms with E-state index in [1.807, 2.05) is 5.38 Å². The van der Waals surface area contributed by atoms with Crippen LogP contribution in [0.5, 0.6) is 0 Å². The SMILES string of the molecule is O=C(CCCNC(=O)c1ccsc1)Nc1ccccc1SC(F)F. The molecule has 24 heavy (non-hydrogen) atoms. The number of hydrogen-bond donors (Lipinski definition) is 2. The van der Waals surface area contributed by atoms with Crippen LogP contribution in [0, 0.1) is 0 Å². The van der Waals surface area contributed by atoms with Crippen LogP contribution in [-0.2, 0) is 4.79 Å². The number of nitrogens with one attached hydrogen (secondary N) is 2. The van der Waals surface area contributed by atoms with Crippen LogP contribution in [0.1, 0.15) is 23.2 Å². The van der Waals surface area contributed by atoms with E-state index in [4.69, 9.17) is 0 Å². The second-order valence-electron chi connectivity index (χ2n) is 4.79. The molecule has 2 aromatic rings. The van der Waals surface area contributed by atoms with Crippen LogP contribution in [0.4, 0.5) is 14.5 Å². The van der Waals surface area contributed by atoms with Crippen molar-refractivity contribution in [3.05, 3.63) is 46.7 Å². The standard InChI is InChI=1S/C16H16F2N2O2S2/c17-16(18)24-13-5-2-1-4-12(13)20-14(21)6-3-8-19-15(22)11-7-9-23-10-11/h1-2,4-5,7,9-10,16H,3,6,8H2,(H,19,22)(H,20,21). The normalized spacial score (nSPS) is 10.6. The molecule has 0 aliphatic heterocycles. The lowest BCUT2D eigenvalue weighted by Crippen LogP contribution is -2.25. The first kappa shape index (κ1) is 18.4. The summed E-state index contributed by atoms with van der Waals surface area (Å²) in [5, 5.41) is 8.92. The first-order valence-corrected chi connectivity index (χ1v) is 9.02. The lowest BCUT2D eigenvalue weighted by Gasteiger charge is -2.10. The number of hydrogen-bond acceptors (Lipinski definition) is 4. The smallest absolute Gasteiger partial charge is 0.288 e. The molecular formula is C16H16F2N2O2S2. The van der Waals surface area contributed by atoms with Gasteiger partial charge in [0.15, 0.2) is 0 Å². The van der Waals surface area contributed by atoms with Crippen molar-refractivity contribution in [2.45, 2.75) is 23.5 Å². The summed E-state index contributed by atoms with van der Waals surface area (Å²) >= 11 is 1.83. The van der Waals surface area contributed by atoms with Crippen molar-refractivity contribution in [1.82, 2.24) is 5.32 Å². The predicted molar refractivity (Wildman–Crippen MR) is 92.8 cm³/mol. The first-order chi connectivity index (χ1) is 11.6. The largest absolute Gasteiger partial charge is 0.352 e. The highest BCUT2D eigenvalue weighted by atomic mass is 32.2. The Bertz CT molecular complexity index is 678. The minimum atomic E-state index is -2.55. The molecule has 0 atom stereocenters. The Kier molecular flexibility index (Phi) is 7.20. The number of anilines is 1. The molecule has 8 heteroatoms. The van der Waals surface area contributed by atoms with Gasteiger partial charge >= 0.3 is 0 Å². The Morgan fingerprint density at radius 1 is 1.21 bits per heavy atom. The summed E-state index contributed by atoms with van der Waals surface area (Å²) in [5.74, 6) is -2.99. The van der Waals surface area contributed by atoms with E-state index in [2.05, 4.69) is 10.6 Å². The molecule has 1 aromatic heterocycles. The number of para-hydroxylation sites is 1. The molecule has 0 aliphatic rings. The first-order valence-electron chi connectivity index (χ1n) is 7.20. The zero-order valence-corrected chi connectivity index (χ0v) is 14.3. The van der Waals surface area contributed by atoms with Gasteiger partial charge in [0, 0.05) is 28.8 Å². The van der Waals surface area contributed by atoms with Gasteiger partial charge in [-0.3, -0.25) is 9.59 Å². The lowest BCUT2D eigenvalue weighted by atomic mass is 10.2. The molecule has 0 saturated heterocycles. The van der Waals surface area contributed by atoms with Gasteiger partial charge in [0.2, 0.25) is 5.91 Å². The van der Waals surface area contributed by atoms with Crippen LogP contribution >= 0.6 is 23.1 Å². The average molecular weight is 370 g/mol. The van der Waals surface area contributed by atoms with E-state index in [0.29, 0.717) is 40.9 Å². The average Bonchev–Trinajstić information content (AvgIpc) is 3.07. The van der Waals surface area contributed by atoms with Crippen molar-refractivity contribution in [2.24, 2.45) is 0 Å². The van der Waals surface area contributed by atoms with E-state index >= 15 is 0 Å². The van der Waals surface area contributed by atoms with Gasteiger partial charge in [-0.2, -0.15) is 20.1 Å². The molecule has 1 heterocycles. The van der Waals surface area contributed by atoms with Gasteiger partial charge in [0.25, 0.3) is 11.7 Å². The Balaban J connectivity index is 1.75. The van der Waals surface area contributed by atoms with Gasteiger partial charge in [-0.25, -0.2) is 0 Å². The molecule has 0 aliphatic carbocycles. The highest BCUT2D eigenvalue weighted by Crippen LogP contribution is 2.31. The molecule has 0 spiro atoms. The molecule has 4 nitrogen and oxygen atoms in total. The molecule has 0 unspecified atom stereocenters. The van der Waals surface area contributed by atoms with Gasteiger partial charge in [0.05, 0.1) is 5.69 Å². The minimum absolute atomic E-state index is 0.171. The van der Waals surface area contributed by atoms with Crippen LogP contribution < -0.4 is 10.6 Å². The number of thioether (sulfide) groups is 1. The van der Waals surface area contributed by atoms with E-state index in [0.717, 1.165) is 0 Å². The Morgan fingerprint density at radius 3 is 2.71 bits per heavy atom. The number of rotatable bonds is 8. The number of carbonyl (C=O) groups is 2. The number of thiophene rings is 1. The highest BCUT2D eigenvalue weighted by molar-refractivity contribution is 7.99. The monoisotopic (exact) mass is 370 g/mol. The highest BCUT2D eigenvalue weighted by Gasteiger charge is 2.12. The molecular weight excluding hydrogens is 354 g/mol. The maximum absolute atomic E-state index is 12.5. The summed E-state index contributed by atoms with van der Waals surface area (Å²) in [7, 11) is 0. The summed E-state index contributed by atoms with van der Waals surface area (Å²) in [6.45, 7) is 0.371. The van der Waals surface area contributed by atoms with Gasteiger partial charge in [0.1, 0.15) is 0 Å². The molecule has 128 valence electrons. The molecule has 2 amide bonds. The second-order valence-corrected chi connectivity index (χ2v) is 6.61. The summed E-state index contributed by atoms with van der Waals surface area (Å²) in [4.78, 5) is 23.9. The van der Waals surface area contributed by atoms with Crippen LogP contribution in [0.2, 0.25) is 0 Å². The molecule has 0 fully saturated rings. The van der Waals surface area contributed by atoms with Crippen molar-refractivity contribution in [3.63, 3.8) is 0 Å². The van der Waals surface area contributed by atoms with Crippen LogP contribution in [0.3, 0.4) is 0 Å². The fourth-order valence-electron chi connectivity index (χ4n) is 1.93. The van der Waals surface area contributed by atoms with E-state index in [-0.39, 0.29) is 18.2 Å². The van der Waals surface area contributed by atoms with E-state index < -0.39 is 5.76 Å². The molecule has 0 bridgehead atoms. The maximum Gasteiger partial charge on any atom is 0.288 e. The quantitative estimate of drug-likeness (QED) is 0.541. The number of amides is 2. The zero-order valence-electron chi connectivity index (χ0n) is 12.6. The van der Waals surface area contributed by atoms with Gasteiger partial charge in [-0.05, 0) is 30.0 Å². The molecule has 1 aromatic carbocycles. The van der Waals surface area contributed by atoms with Crippen LogP contribution in [0.15, 0.2) is 46.0 Å². The minimum Gasteiger partial charge on any atom is -0.352 e. The second kappa shape index (κ2) is 9.39. The topological polar surface area (TPSA) is 58.2 Å². The van der Waals surface area contributed by atoms with Gasteiger partial charge in [-0.1, -0.05) is 23.9 Å². The van der Waals surface area contributed by atoms with Gasteiger partial charge < -0.3 is 10.6 Å². The summed E-state index contributed by atoms with van der Waals surface area (Å²) in [5.41, 5.74) is 0.970. The lowest BCUT2D eigenvalue weighted by molar-refractivity contribution is -0.116. The number of alkyl halides is 2. The Morgan fingerprint density at radius 2 is 2.00 bits per heavy atom. The van der Waals surface area contributed by atoms with Crippen molar-refractivity contribution in [3.8, 4) is 0 Å². The Hall–Kier alpha value is -1.93. The van der Waals surface area contributed by atoms with Crippen molar-refractivity contribution in [2.75, 3.05) is 11.9 Å². The maximum atomic E-state index is 12.5. The third-order valence-electron chi connectivity index (χ3n) is 3.03. The van der Waals surface area contributed by atoms with E-state index in [1.165, 1.54) is 17.4 Å². The Labute approximate surface area is 146 Å².